The summed E-state index contributed by atoms with van der Waals surface area (Å²) in [5.41, 5.74) is 1.16. The number of benzene rings is 1. The van der Waals surface area contributed by atoms with Gasteiger partial charge in [0.2, 0.25) is 0 Å². The van der Waals surface area contributed by atoms with E-state index in [2.05, 4.69) is 16.0 Å². The van der Waals surface area contributed by atoms with Gasteiger partial charge < -0.3 is 16.0 Å². The van der Waals surface area contributed by atoms with E-state index in [4.69, 9.17) is 5.26 Å². The molecular formula is C16H16N4O2S. The zero-order valence-electron chi connectivity index (χ0n) is 12.3. The van der Waals surface area contributed by atoms with Crippen LogP contribution in [0.3, 0.4) is 0 Å². The molecule has 0 atom stereocenters. The summed E-state index contributed by atoms with van der Waals surface area (Å²) in [5, 5.41) is 18.7. The Bertz CT molecular complexity index is 690. The zero-order valence-corrected chi connectivity index (χ0v) is 13.2. The first kappa shape index (κ1) is 16.5. The summed E-state index contributed by atoms with van der Waals surface area (Å²) in [6.07, 6.45) is 0.637. The summed E-state index contributed by atoms with van der Waals surface area (Å²) in [6.45, 7) is 0.945. The second-order valence-electron chi connectivity index (χ2n) is 4.66. The van der Waals surface area contributed by atoms with Gasteiger partial charge in [0, 0.05) is 18.8 Å². The topological polar surface area (TPSA) is 94.0 Å². The first-order valence-corrected chi connectivity index (χ1v) is 7.94. The number of hydrogen-bond acceptors (Lipinski definition) is 4. The van der Waals surface area contributed by atoms with E-state index >= 15 is 0 Å². The number of anilines is 1. The van der Waals surface area contributed by atoms with Crippen LogP contribution in [0, 0.1) is 11.3 Å². The Labute approximate surface area is 138 Å². The standard InChI is InChI=1S/C16H16N4O2S/c17-11-12-4-6-13(7-5-12)20-16(22)19-9-2-8-18-15(21)14-3-1-10-23-14/h1,3-7,10H,2,8-9H2,(H,18,21)(H2,19,20,22). The highest BCUT2D eigenvalue weighted by Crippen LogP contribution is 2.08. The van der Waals surface area contributed by atoms with Crippen LogP contribution < -0.4 is 16.0 Å². The highest BCUT2D eigenvalue weighted by molar-refractivity contribution is 7.12. The summed E-state index contributed by atoms with van der Waals surface area (Å²) in [5.74, 6) is -0.0953. The van der Waals surface area contributed by atoms with Gasteiger partial charge in [-0.2, -0.15) is 5.26 Å². The average molecular weight is 328 g/mol. The maximum atomic E-state index is 11.7. The van der Waals surface area contributed by atoms with Crippen LogP contribution in [0.2, 0.25) is 0 Å². The SMILES string of the molecule is N#Cc1ccc(NC(=O)NCCCNC(=O)c2cccs2)cc1. The molecule has 6 nitrogen and oxygen atoms in total. The molecule has 23 heavy (non-hydrogen) atoms. The quantitative estimate of drug-likeness (QED) is 0.711. The molecule has 0 spiro atoms. The highest BCUT2D eigenvalue weighted by atomic mass is 32.1. The molecule has 0 radical (unpaired) electrons. The van der Waals surface area contributed by atoms with Crippen LogP contribution in [-0.4, -0.2) is 25.0 Å². The molecule has 2 aromatic rings. The number of rotatable bonds is 6. The number of hydrogen-bond donors (Lipinski definition) is 3. The third-order valence-electron chi connectivity index (χ3n) is 2.94. The zero-order chi connectivity index (χ0) is 16.5. The molecule has 0 aliphatic carbocycles. The van der Waals surface area contributed by atoms with Crippen LogP contribution in [-0.2, 0) is 0 Å². The number of nitrogens with zero attached hydrogens (tertiary/aromatic N) is 1. The molecule has 0 aliphatic rings. The van der Waals surface area contributed by atoms with Crippen LogP contribution in [0.5, 0.6) is 0 Å². The van der Waals surface area contributed by atoms with Crippen LogP contribution in [0.25, 0.3) is 0 Å². The minimum absolute atomic E-state index is 0.0953. The van der Waals surface area contributed by atoms with Crippen molar-refractivity contribution in [2.75, 3.05) is 18.4 Å². The molecule has 0 aliphatic heterocycles. The van der Waals surface area contributed by atoms with Crippen molar-refractivity contribution in [2.45, 2.75) is 6.42 Å². The lowest BCUT2D eigenvalue weighted by Gasteiger charge is -2.08. The van der Waals surface area contributed by atoms with Gasteiger partial charge in [-0.1, -0.05) is 6.07 Å². The second-order valence-corrected chi connectivity index (χ2v) is 5.60. The Morgan fingerprint density at radius 1 is 1.09 bits per heavy atom. The smallest absolute Gasteiger partial charge is 0.319 e. The molecule has 0 saturated heterocycles. The Kier molecular flexibility index (Phi) is 6.15. The number of amides is 3. The molecule has 7 heteroatoms. The number of carbonyl (C=O) groups excluding carboxylic acids is 2. The number of carbonyl (C=O) groups is 2. The third-order valence-corrected chi connectivity index (χ3v) is 3.81. The fraction of sp³-hybridized carbons (Fsp3) is 0.188. The van der Waals surface area contributed by atoms with Crippen molar-refractivity contribution >= 4 is 29.0 Å². The van der Waals surface area contributed by atoms with Crippen LogP contribution in [0.4, 0.5) is 10.5 Å². The molecule has 118 valence electrons. The van der Waals surface area contributed by atoms with E-state index in [1.807, 2.05) is 17.5 Å². The van der Waals surface area contributed by atoms with E-state index in [1.165, 1.54) is 11.3 Å². The molecule has 0 unspecified atom stereocenters. The Balaban J connectivity index is 1.61. The van der Waals surface area contributed by atoms with E-state index in [1.54, 1.807) is 30.3 Å². The number of nitriles is 1. The largest absolute Gasteiger partial charge is 0.351 e. The van der Waals surface area contributed by atoms with Gasteiger partial charge in [-0.05, 0) is 42.1 Å². The first-order chi connectivity index (χ1) is 11.2. The fourth-order valence-electron chi connectivity index (χ4n) is 1.79. The second kappa shape index (κ2) is 8.56. The van der Waals surface area contributed by atoms with Gasteiger partial charge in [0.25, 0.3) is 5.91 Å². The number of thiophene rings is 1. The van der Waals surface area contributed by atoms with Crippen molar-refractivity contribution in [1.82, 2.24) is 10.6 Å². The Hall–Kier alpha value is -2.85. The lowest BCUT2D eigenvalue weighted by molar-refractivity contribution is 0.0957. The molecule has 1 aromatic carbocycles. The van der Waals surface area contributed by atoms with Crippen molar-refractivity contribution < 1.29 is 9.59 Å². The van der Waals surface area contributed by atoms with E-state index < -0.39 is 0 Å². The summed E-state index contributed by atoms with van der Waals surface area (Å²) in [4.78, 5) is 24.0. The van der Waals surface area contributed by atoms with E-state index in [0.717, 1.165) is 0 Å². The molecule has 0 saturated carbocycles. The van der Waals surface area contributed by atoms with Gasteiger partial charge >= 0.3 is 6.03 Å². The van der Waals surface area contributed by atoms with Gasteiger partial charge in [0.15, 0.2) is 0 Å². The maximum Gasteiger partial charge on any atom is 0.319 e. The predicted octanol–water partition coefficient (Wildman–Crippen LogP) is 2.56. The summed E-state index contributed by atoms with van der Waals surface area (Å²) < 4.78 is 0. The van der Waals surface area contributed by atoms with Crippen molar-refractivity contribution in [1.29, 1.82) is 5.26 Å². The van der Waals surface area contributed by atoms with Gasteiger partial charge in [0.05, 0.1) is 16.5 Å². The number of nitrogens with one attached hydrogen (secondary N) is 3. The van der Waals surface area contributed by atoms with Gasteiger partial charge in [0.1, 0.15) is 0 Å². The molecule has 1 aromatic heterocycles. The van der Waals surface area contributed by atoms with Crippen LogP contribution in [0.1, 0.15) is 21.7 Å². The van der Waals surface area contributed by atoms with Crippen molar-refractivity contribution in [3.63, 3.8) is 0 Å². The molecular weight excluding hydrogens is 312 g/mol. The van der Waals surface area contributed by atoms with Crippen molar-refractivity contribution in [2.24, 2.45) is 0 Å². The highest BCUT2D eigenvalue weighted by Gasteiger charge is 2.05. The number of urea groups is 1. The Morgan fingerprint density at radius 2 is 1.83 bits per heavy atom. The fourth-order valence-corrected chi connectivity index (χ4v) is 2.43. The minimum Gasteiger partial charge on any atom is -0.351 e. The molecule has 0 bridgehead atoms. The molecule has 3 amide bonds. The summed E-state index contributed by atoms with van der Waals surface area (Å²) in [6, 6.07) is 11.9. The maximum absolute atomic E-state index is 11.7. The van der Waals surface area contributed by atoms with E-state index in [0.29, 0.717) is 35.6 Å². The summed E-state index contributed by atoms with van der Waals surface area (Å²) >= 11 is 1.39. The van der Waals surface area contributed by atoms with E-state index in [9.17, 15) is 9.59 Å². The molecule has 1 heterocycles. The van der Waals surface area contributed by atoms with Gasteiger partial charge in [-0.25, -0.2) is 4.79 Å². The normalized spacial score (nSPS) is 9.70. The minimum atomic E-state index is -0.320. The van der Waals surface area contributed by atoms with Crippen molar-refractivity contribution in [3.05, 3.63) is 52.2 Å². The molecule has 0 fully saturated rings. The molecule has 3 N–H and O–H groups in total. The molecule has 2 rings (SSSR count). The van der Waals surface area contributed by atoms with Gasteiger partial charge in [-0.3, -0.25) is 4.79 Å². The summed E-state index contributed by atoms with van der Waals surface area (Å²) in [7, 11) is 0. The van der Waals surface area contributed by atoms with Crippen LogP contribution >= 0.6 is 11.3 Å². The van der Waals surface area contributed by atoms with E-state index in [-0.39, 0.29) is 11.9 Å². The monoisotopic (exact) mass is 328 g/mol. The van der Waals surface area contributed by atoms with Crippen LogP contribution in [0.15, 0.2) is 41.8 Å². The Morgan fingerprint density at radius 3 is 2.48 bits per heavy atom. The van der Waals surface area contributed by atoms with Crippen molar-refractivity contribution in [3.8, 4) is 6.07 Å². The van der Waals surface area contributed by atoms with Gasteiger partial charge in [-0.15, -0.1) is 11.3 Å². The third kappa shape index (κ3) is 5.45. The lowest BCUT2D eigenvalue weighted by atomic mass is 10.2. The first-order valence-electron chi connectivity index (χ1n) is 7.06. The lowest BCUT2D eigenvalue weighted by Crippen LogP contribution is -2.32. The predicted molar refractivity (Wildman–Crippen MR) is 89.4 cm³/mol. The average Bonchev–Trinajstić information content (AvgIpc) is 3.09.